The first-order chi connectivity index (χ1) is 8.74. The molecule has 3 aromatic rings. The number of halogens is 1. The molecule has 1 aromatic carbocycles. The van der Waals surface area contributed by atoms with Gasteiger partial charge in [0.25, 0.3) is 5.56 Å². The number of pyridine rings is 1. The zero-order valence-electron chi connectivity index (χ0n) is 9.21. The lowest BCUT2D eigenvalue weighted by molar-refractivity contribution is 0.775. The normalized spacial score (nSPS) is 10.9. The van der Waals surface area contributed by atoms with Gasteiger partial charge in [0, 0.05) is 6.07 Å². The maximum absolute atomic E-state index is 11.9. The lowest BCUT2D eigenvalue weighted by atomic mass is 10.2. The Bertz CT molecular complexity index is 765. The number of fused-ring (bicyclic) bond motifs is 1. The Morgan fingerprint density at radius 1 is 1.17 bits per heavy atom. The third-order valence-electron chi connectivity index (χ3n) is 2.63. The molecule has 0 fully saturated rings. The fourth-order valence-electron chi connectivity index (χ4n) is 1.84. The van der Waals surface area contributed by atoms with Crippen LogP contribution in [-0.4, -0.2) is 14.8 Å². The van der Waals surface area contributed by atoms with E-state index < -0.39 is 0 Å². The second-order valence-corrected chi connectivity index (χ2v) is 5.41. The highest BCUT2D eigenvalue weighted by Gasteiger charge is 2.07. The van der Waals surface area contributed by atoms with Crippen molar-refractivity contribution in [2.24, 2.45) is 0 Å². The number of rotatable bonds is 2. The zero-order chi connectivity index (χ0) is 12.5. The van der Waals surface area contributed by atoms with Crippen LogP contribution in [0.3, 0.4) is 0 Å². The topological polar surface area (TPSA) is 47.8 Å². The largest absolute Gasteiger partial charge is 0.301 e. The predicted molar refractivity (Wildman–Crippen MR) is 72.2 cm³/mol. The van der Waals surface area contributed by atoms with Crippen molar-refractivity contribution in [1.29, 1.82) is 0 Å². The van der Waals surface area contributed by atoms with Crippen LogP contribution >= 0.6 is 22.9 Å². The first-order valence-corrected chi connectivity index (χ1v) is 6.50. The van der Waals surface area contributed by atoms with Gasteiger partial charge < -0.3 is 4.57 Å². The summed E-state index contributed by atoms with van der Waals surface area (Å²) in [6, 6.07) is 11.1. The molecule has 0 atom stereocenters. The van der Waals surface area contributed by atoms with Crippen molar-refractivity contribution in [3.63, 3.8) is 0 Å². The highest BCUT2D eigenvalue weighted by molar-refractivity contribution is 7.15. The molecule has 0 aliphatic rings. The van der Waals surface area contributed by atoms with Gasteiger partial charge in [-0.15, -0.1) is 10.2 Å². The molecule has 2 aromatic heterocycles. The maximum atomic E-state index is 11.9. The highest BCUT2D eigenvalue weighted by Crippen LogP contribution is 2.17. The Labute approximate surface area is 111 Å². The van der Waals surface area contributed by atoms with Gasteiger partial charge in [0.1, 0.15) is 5.01 Å². The Morgan fingerprint density at radius 3 is 2.78 bits per heavy atom. The van der Waals surface area contributed by atoms with Gasteiger partial charge in [-0.25, -0.2) is 0 Å². The molecule has 3 rings (SSSR count). The fourth-order valence-corrected chi connectivity index (χ4v) is 2.70. The molecule has 6 heteroatoms. The van der Waals surface area contributed by atoms with Crippen LogP contribution in [-0.2, 0) is 6.54 Å². The molecular formula is C12H8ClN3OS. The van der Waals surface area contributed by atoms with Crippen LogP contribution < -0.4 is 5.56 Å². The molecule has 18 heavy (non-hydrogen) atoms. The third kappa shape index (κ3) is 2.02. The standard InChI is InChI=1S/C12H8ClN3OS/c13-12-15-14-10(18-12)7-16-9-4-2-1-3-8(9)5-6-11(16)17/h1-6H,7H2. The smallest absolute Gasteiger partial charge is 0.251 e. The van der Waals surface area contributed by atoms with E-state index in [9.17, 15) is 4.79 Å². The fraction of sp³-hybridized carbons (Fsp3) is 0.0833. The van der Waals surface area contributed by atoms with Crippen molar-refractivity contribution in [3.8, 4) is 0 Å². The lowest BCUT2D eigenvalue weighted by Gasteiger charge is -2.07. The third-order valence-corrected chi connectivity index (χ3v) is 3.64. The first kappa shape index (κ1) is 11.4. The summed E-state index contributed by atoms with van der Waals surface area (Å²) in [5, 5.41) is 9.42. The van der Waals surface area contributed by atoms with E-state index in [1.165, 1.54) is 11.3 Å². The van der Waals surface area contributed by atoms with Gasteiger partial charge in [0.05, 0.1) is 12.1 Å². The summed E-state index contributed by atoms with van der Waals surface area (Å²) < 4.78 is 2.06. The zero-order valence-corrected chi connectivity index (χ0v) is 10.8. The Balaban J connectivity index is 2.16. The molecule has 4 nitrogen and oxygen atoms in total. The second-order valence-electron chi connectivity index (χ2n) is 3.77. The monoisotopic (exact) mass is 277 g/mol. The summed E-state index contributed by atoms with van der Waals surface area (Å²) in [6.45, 7) is 0.393. The molecule has 0 saturated heterocycles. The summed E-state index contributed by atoms with van der Waals surface area (Å²) in [5.41, 5.74) is 0.830. The number of aromatic nitrogens is 3. The van der Waals surface area contributed by atoms with E-state index in [4.69, 9.17) is 11.6 Å². The molecule has 0 aliphatic carbocycles. The van der Waals surface area contributed by atoms with Crippen LogP contribution in [0.15, 0.2) is 41.2 Å². The van der Waals surface area contributed by atoms with Crippen LogP contribution in [0, 0.1) is 0 Å². The molecule has 0 bridgehead atoms. The van der Waals surface area contributed by atoms with E-state index in [1.807, 2.05) is 30.3 Å². The minimum Gasteiger partial charge on any atom is -0.301 e. The average Bonchev–Trinajstić information content (AvgIpc) is 2.79. The first-order valence-electron chi connectivity index (χ1n) is 5.30. The minimum atomic E-state index is -0.0555. The SMILES string of the molecule is O=c1ccc2ccccc2n1Cc1nnc(Cl)s1. The summed E-state index contributed by atoms with van der Waals surface area (Å²) >= 11 is 7.03. The van der Waals surface area contributed by atoms with E-state index in [1.54, 1.807) is 10.6 Å². The maximum Gasteiger partial charge on any atom is 0.251 e. The number of para-hydroxylation sites is 1. The minimum absolute atomic E-state index is 0.0555. The van der Waals surface area contributed by atoms with Crippen LogP contribution in [0.25, 0.3) is 10.9 Å². The van der Waals surface area contributed by atoms with E-state index in [0.717, 1.165) is 15.9 Å². The Kier molecular flexibility index (Phi) is 2.85. The predicted octanol–water partition coefficient (Wildman–Crippen LogP) is 2.55. The van der Waals surface area contributed by atoms with Crippen LogP contribution in [0.1, 0.15) is 5.01 Å². The van der Waals surface area contributed by atoms with Gasteiger partial charge in [-0.1, -0.05) is 29.5 Å². The quantitative estimate of drug-likeness (QED) is 0.723. The van der Waals surface area contributed by atoms with Crippen molar-refractivity contribution < 1.29 is 0 Å². The van der Waals surface area contributed by atoms with Gasteiger partial charge in [-0.3, -0.25) is 4.79 Å². The van der Waals surface area contributed by atoms with E-state index >= 15 is 0 Å². The molecule has 90 valence electrons. The van der Waals surface area contributed by atoms with Gasteiger partial charge >= 0.3 is 0 Å². The molecule has 0 unspecified atom stereocenters. The number of nitrogens with zero attached hydrogens (tertiary/aromatic N) is 3. The molecule has 0 radical (unpaired) electrons. The molecule has 2 heterocycles. The summed E-state index contributed by atoms with van der Waals surface area (Å²) in [4.78, 5) is 11.9. The molecule has 0 spiro atoms. The van der Waals surface area contributed by atoms with E-state index in [0.29, 0.717) is 11.0 Å². The molecule has 0 N–H and O–H groups in total. The molecule has 0 amide bonds. The van der Waals surface area contributed by atoms with E-state index in [2.05, 4.69) is 10.2 Å². The second kappa shape index (κ2) is 4.51. The summed E-state index contributed by atoms with van der Waals surface area (Å²) in [5.74, 6) is 0. The molecule has 0 saturated carbocycles. The molecule has 0 aliphatic heterocycles. The number of hydrogen-bond donors (Lipinski definition) is 0. The van der Waals surface area contributed by atoms with E-state index in [-0.39, 0.29) is 5.56 Å². The molecular weight excluding hydrogens is 270 g/mol. The summed E-state index contributed by atoms with van der Waals surface area (Å²) in [7, 11) is 0. The number of hydrogen-bond acceptors (Lipinski definition) is 4. The van der Waals surface area contributed by atoms with Crippen molar-refractivity contribution in [3.05, 3.63) is 56.2 Å². The lowest BCUT2D eigenvalue weighted by Crippen LogP contribution is -2.19. The van der Waals surface area contributed by atoms with Gasteiger partial charge in [-0.2, -0.15) is 0 Å². The van der Waals surface area contributed by atoms with Crippen LogP contribution in [0.5, 0.6) is 0 Å². The summed E-state index contributed by atoms with van der Waals surface area (Å²) in [6.07, 6.45) is 0. The highest BCUT2D eigenvalue weighted by atomic mass is 35.5. The van der Waals surface area contributed by atoms with Crippen molar-refractivity contribution in [2.45, 2.75) is 6.54 Å². The van der Waals surface area contributed by atoms with Gasteiger partial charge in [0.2, 0.25) is 4.47 Å². The van der Waals surface area contributed by atoms with Crippen molar-refractivity contribution in [2.75, 3.05) is 0 Å². The van der Waals surface area contributed by atoms with Crippen molar-refractivity contribution >= 4 is 33.8 Å². The van der Waals surface area contributed by atoms with Crippen molar-refractivity contribution in [1.82, 2.24) is 14.8 Å². The Morgan fingerprint density at radius 2 is 2.00 bits per heavy atom. The average molecular weight is 278 g/mol. The van der Waals surface area contributed by atoms with Gasteiger partial charge in [0.15, 0.2) is 0 Å². The van der Waals surface area contributed by atoms with Crippen LogP contribution in [0.2, 0.25) is 4.47 Å². The Hall–Kier alpha value is -1.72. The van der Waals surface area contributed by atoms with Crippen LogP contribution in [0.4, 0.5) is 0 Å². The van der Waals surface area contributed by atoms with Gasteiger partial charge in [-0.05, 0) is 29.1 Å². The number of benzene rings is 1.